The molecule has 0 N–H and O–H groups in total. The standard InChI is InChI=1S/C24H32N2O3/c1-18(2)20-7-9-21(10-8-20)25-13-15-26(16-14-25)24(27)12-6-19-5-11-22(28-3)23(17-19)29-4/h5,7-11,17-18H,6,12-16H2,1-4H3. The van der Waals surface area contributed by atoms with E-state index in [2.05, 4.69) is 43.0 Å². The van der Waals surface area contributed by atoms with Gasteiger partial charge in [0.2, 0.25) is 5.91 Å². The van der Waals surface area contributed by atoms with Crippen molar-refractivity contribution in [3.63, 3.8) is 0 Å². The number of methoxy groups -OCH3 is 2. The molecule has 0 aliphatic carbocycles. The second kappa shape index (κ2) is 9.68. The summed E-state index contributed by atoms with van der Waals surface area (Å²) < 4.78 is 10.6. The van der Waals surface area contributed by atoms with Crippen molar-refractivity contribution >= 4 is 11.6 Å². The Morgan fingerprint density at radius 1 is 0.931 bits per heavy atom. The molecule has 0 aromatic heterocycles. The molecule has 3 rings (SSSR count). The van der Waals surface area contributed by atoms with Gasteiger partial charge < -0.3 is 19.3 Å². The number of benzene rings is 2. The summed E-state index contributed by atoms with van der Waals surface area (Å²) in [5.41, 5.74) is 3.68. The van der Waals surface area contributed by atoms with Gasteiger partial charge >= 0.3 is 0 Å². The fraction of sp³-hybridized carbons (Fsp3) is 0.458. The van der Waals surface area contributed by atoms with Crippen molar-refractivity contribution in [2.24, 2.45) is 0 Å². The van der Waals surface area contributed by atoms with Crippen LogP contribution in [0.2, 0.25) is 0 Å². The van der Waals surface area contributed by atoms with E-state index >= 15 is 0 Å². The summed E-state index contributed by atoms with van der Waals surface area (Å²) in [7, 11) is 3.25. The van der Waals surface area contributed by atoms with E-state index in [0.29, 0.717) is 30.3 Å². The molecule has 0 unspecified atom stereocenters. The molecule has 2 aromatic carbocycles. The number of hydrogen-bond donors (Lipinski definition) is 0. The largest absolute Gasteiger partial charge is 0.493 e. The van der Waals surface area contributed by atoms with Gasteiger partial charge in [-0.2, -0.15) is 0 Å². The Morgan fingerprint density at radius 2 is 1.59 bits per heavy atom. The maximum Gasteiger partial charge on any atom is 0.223 e. The maximum absolute atomic E-state index is 12.7. The van der Waals surface area contributed by atoms with Gasteiger partial charge in [0.25, 0.3) is 0 Å². The molecule has 29 heavy (non-hydrogen) atoms. The van der Waals surface area contributed by atoms with E-state index < -0.39 is 0 Å². The molecule has 1 aliphatic rings. The zero-order chi connectivity index (χ0) is 20.8. The minimum Gasteiger partial charge on any atom is -0.493 e. The molecule has 1 fully saturated rings. The van der Waals surface area contributed by atoms with Crippen LogP contribution in [0.4, 0.5) is 5.69 Å². The second-order valence-electron chi connectivity index (χ2n) is 7.80. The fourth-order valence-corrected chi connectivity index (χ4v) is 3.73. The molecule has 5 nitrogen and oxygen atoms in total. The Balaban J connectivity index is 1.50. The smallest absolute Gasteiger partial charge is 0.223 e. The lowest BCUT2D eigenvalue weighted by Gasteiger charge is -2.36. The van der Waals surface area contributed by atoms with Gasteiger partial charge in [0, 0.05) is 38.3 Å². The minimum atomic E-state index is 0.217. The number of nitrogens with zero attached hydrogens (tertiary/aromatic N) is 2. The SMILES string of the molecule is COc1ccc(CCC(=O)N2CCN(c3ccc(C(C)C)cc3)CC2)cc1OC. The number of anilines is 1. The van der Waals surface area contributed by atoms with Gasteiger partial charge in [-0.15, -0.1) is 0 Å². The Kier molecular flexibility index (Phi) is 7.02. The van der Waals surface area contributed by atoms with Crippen molar-refractivity contribution in [1.29, 1.82) is 0 Å². The molecular formula is C24H32N2O3. The van der Waals surface area contributed by atoms with E-state index in [-0.39, 0.29) is 5.91 Å². The molecule has 2 aromatic rings. The summed E-state index contributed by atoms with van der Waals surface area (Å²) >= 11 is 0. The molecule has 0 radical (unpaired) electrons. The van der Waals surface area contributed by atoms with Crippen LogP contribution in [-0.4, -0.2) is 51.2 Å². The van der Waals surface area contributed by atoms with E-state index in [9.17, 15) is 4.79 Å². The molecular weight excluding hydrogens is 364 g/mol. The number of ether oxygens (including phenoxy) is 2. The van der Waals surface area contributed by atoms with E-state index in [1.54, 1.807) is 14.2 Å². The van der Waals surface area contributed by atoms with Crippen molar-refractivity contribution in [2.75, 3.05) is 45.3 Å². The lowest BCUT2D eigenvalue weighted by atomic mass is 10.0. The third kappa shape index (κ3) is 5.22. The van der Waals surface area contributed by atoms with E-state index in [1.165, 1.54) is 11.3 Å². The summed E-state index contributed by atoms with van der Waals surface area (Å²) in [6.45, 7) is 7.72. The van der Waals surface area contributed by atoms with Gasteiger partial charge in [0.15, 0.2) is 11.5 Å². The number of amides is 1. The summed E-state index contributed by atoms with van der Waals surface area (Å²) in [6.07, 6.45) is 1.22. The maximum atomic E-state index is 12.7. The molecule has 1 amide bonds. The Bertz CT molecular complexity index is 809. The first-order valence-corrected chi connectivity index (χ1v) is 10.4. The Morgan fingerprint density at radius 3 is 2.17 bits per heavy atom. The van der Waals surface area contributed by atoms with Crippen molar-refractivity contribution < 1.29 is 14.3 Å². The van der Waals surface area contributed by atoms with Crippen molar-refractivity contribution in [2.45, 2.75) is 32.6 Å². The van der Waals surface area contributed by atoms with Gasteiger partial charge in [-0.25, -0.2) is 0 Å². The number of carbonyl (C=O) groups excluding carboxylic acids is 1. The summed E-state index contributed by atoms with van der Waals surface area (Å²) in [5.74, 6) is 2.17. The number of carbonyl (C=O) groups is 1. The summed E-state index contributed by atoms with van der Waals surface area (Å²) in [5, 5.41) is 0. The van der Waals surface area contributed by atoms with Gasteiger partial charge in [-0.05, 0) is 47.7 Å². The first-order chi connectivity index (χ1) is 14.0. The minimum absolute atomic E-state index is 0.217. The van der Waals surface area contributed by atoms with Crippen LogP contribution in [0.15, 0.2) is 42.5 Å². The fourth-order valence-electron chi connectivity index (χ4n) is 3.73. The monoisotopic (exact) mass is 396 g/mol. The third-order valence-corrected chi connectivity index (χ3v) is 5.63. The van der Waals surface area contributed by atoms with E-state index in [1.807, 2.05) is 23.1 Å². The highest BCUT2D eigenvalue weighted by Gasteiger charge is 2.21. The lowest BCUT2D eigenvalue weighted by molar-refractivity contribution is -0.131. The van der Waals surface area contributed by atoms with Crippen molar-refractivity contribution in [1.82, 2.24) is 4.90 Å². The average molecular weight is 397 g/mol. The highest BCUT2D eigenvalue weighted by molar-refractivity contribution is 5.77. The van der Waals surface area contributed by atoms with E-state index in [4.69, 9.17) is 9.47 Å². The molecule has 156 valence electrons. The molecule has 1 saturated heterocycles. The number of hydrogen-bond acceptors (Lipinski definition) is 4. The van der Waals surface area contributed by atoms with Gasteiger partial charge in [0.05, 0.1) is 14.2 Å². The van der Waals surface area contributed by atoms with Crippen LogP contribution in [0.5, 0.6) is 11.5 Å². The van der Waals surface area contributed by atoms with Crippen LogP contribution in [0.1, 0.15) is 37.3 Å². The van der Waals surface area contributed by atoms with Crippen molar-refractivity contribution in [3.8, 4) is 11.5 Å². The molecule has 1 heterocycles. The topological polar surface area (TPSA) is 42.0 Å². The Hall–Kier alpha value is -2.69. The van der Waals surface area contributed by atoms with Gasteiger partial charge in [-0.3, -0.25) is 4.79 Å². The van der Waals surface area contributed by atoms with Crippen LogP contribution in [0, 0.1) is 0 Å². The molecule has 0 bridgehead atoms. The molecule has 0 spiro atoms. The zero-order valence-corrected chi connectivity index (χ0v) is 18.0. The van der Waals surface area contributed by atoms with Crippen LogP contribution in [0.25, 0.3) is 0 Å². The highest BCUT2D eigenvalue weighted by atomic mass is 16.5. The summed E-state index contributed by atoms with van der Waals surface area (Å²) in [6, 6.07) is 14.6. The third-order valence-electron chi connectivity index (χ3n) is 5.63. The van der Waals surface area contributed by atoms with Gasteiger partial charge in [-0.1, -0.05) is 32.0 Å². The predicted octanol–water partition coefficient (Wildman–Crippen LogP) is 4.11. The average Bonchev–Trinajstić information content (AvgIpc) is 2.77. The first-order valence-electron chi connectivity index (χ1n) is 10.4. The number of rotatable bonds is 7. The second-order valence-corrected chi connectivity index (χ2v) is 7.80. The molecule has 5 heteroatoms. The van der Waals surface area contributed by atoms with Crippen molar-refractivity contribution in [3.05, 3.63) is 53.6 Å². The van der Waals surface area contributed by atoms with Crippen LogP contribution in [0.3, 0.4) is 0 Å². The number of piperazine rings is 1. The predicted molar refractivity (Wildman–Crippen MR) is 117 cm³/mol. The molecule has 0 atom stereocenters. The van der Waals surface area contributed by atoms with Crippen LogP contribution < -0.4 is 14.4 Å². The lowest BCUT2D eigenvalue weighted by Crippen LogP contribution is -2.48. The molecule has 0 saturated carbocycles. The quantitative estimate of drug-likeness (QED) is 0.706. The zero-order valence-electron chi connectivity index (χ0n) is 18.0. The Labute approximate surface area is 174 Å². The number of aryl methyl sites for hydroxylation is 1. The van der Waals surface area contributed by atoms with Gasteiger partial charge in [0.1, 0.15) is 0 Å². The van der Waals surface area contributed by atoms with E-state index in [0.717, 1.165) is 31.7 Å². The van der Waals surface area contributed by atoms with Crippen LogP contribution in [-0.2, 0) is 11.2 Å². The van der Waals surface area contributed by atoms with Crippen LogP contribution >= 0.6 is 0 Å². The normalized spacial score (nSPS) is 14.2. The molecule has 1 aliphatic heterocycles. The summed E-state index contributed by atoms with van der Waals surface area (Å²) in [4.78, 5) is 17.0. The highest BCUT2D eigenvalue weighted by Crippen LogP contribution is 2.28. The first kappa shape index (κ1) is 21.0.